The molecule has 0 aliphatic rings. The van der Waals surface area contributed by atoms with E-state index in [2.05, 4.69) is 31.1 Å². The monoisotopic (exact) mass is 436 g/mol. The summed E-state index contributed by atoms with van der Waals surface area (Å²) in [6.45, 7) is 4.29. The van der Waals surface area contributed by atoms with Crippen molar-refractivity contribution in [3.63, 3.8) is 0 Å². The molecule has 1 aromatic heterocycles. The zero-order valence-electron chi connectivity index (χ0n) is 18.4. The van der Waals surface area contributed by atoms with Gasteiger partial charge < -0.3 is 20.7 Å². The number of hydrogen-bond donors (Lipinski definition) is 4. The molecule has 0 aliphatic heterocycles. The Morgan fingerprint density at radius 3 is 2.38 bits per heavy atom. The lowest BCUT2D eigenvalue weighted by atomic mass is 10.0. The van der Waals surface area contributed by atoms with Gasteiger partial charge in [0.05, 0.1) is 13.7 Å². The highest BCUT2D eigenvalue weighted by Crippen LogP contribution is 2.18. The van der Waals surface area contributed by atoms with Crippen molar-refractivity contribution in [3.05, 3.63) is 66.0 Å². The maximum absolute atomic E-state index is 12.7. The van der Waals surface area contributed by atoms with Crippen molar-refractivity contribution in [1.82, 2.24) is 31.1 Å². The Hall–Kier alpha value is -3.88. The van der Waals surface area contributed by atoms with Crippen molar-refractivity contribution in [2.24, 2.45) is 5.92 Å². The molecule has 0 spiro atoms. The number of nitrogens with zero attached hydrogens (tertiary/aromatic N) is 2. The smallest absolute Gasteiger partial charge is 0.315 e. The summed E-state index contributed by atoms with van der Waals surface area (Å²) in [7, 11) is 1.61. The summed E-state index contributed by atoms with van der Waals surface area (Å²) in [4.78, 5) is 29.4. The highest BCUT2D eigenvalue weighted by molar-refractivity contribution is 5.87. The van der Waals surface area contributed by atoms with Crippen molar-refractivity contribution in [2.75, 3.05) is 7.11 Å². The number of carbonyl (C=O) groups excluding carboxylic acids is 2. The van der Waals surface area contributed by atoms with E-state index in [1.54, 1.807) is 7.11 Å². The summed E-state index contributed by atoms with van der Waals surface area (Å²) < 4.78 is 5.15. The second kappa shape index (κ2) is 10.9. The summed E-state index contributed by atoms with van der Waals surface area (Å²) >= 11 is 0. The van der Waals surface area contributed by atoms with Gasteiger partial charge in [-0.25, -0.2) is 9.78 Å². The number of ether oxygens (including phenoxy) is 1. The predicted octanol–water partition coefficient (Wildman–Crippen LogP) is 2.62. The molecule has 0 saturated carbocycles. The van der Waals surface area contributed by atoms with Gasteiger partial charge in [0.2, 0.25) is 5.91 Å². The molecule has 1 atom stereocenters. The Bertz CT molecular complexity index is 1020. The van der Waals surface area contributed by atoms with Gasteiger partial charge in [0.1, 0.15) is 17.6 Å². The number of rotatable bonds is 9. The molecule has 32 heavy (non-hydrogen) atoms. The van der Waals surface area contributed by atoms with Gasteiger partial charge in [-0.2, -0.15) is 5.10 Å². The van der Waals surface area contributed by atoms with E-state index in [0.29, 0.717) is 18.2 Å². The Kier molecular flexibility index (Phi) is 7.80. The molecule has 1 unspecified atom stereocenters. The third-order valence-corrected chi connectivity index (χ3v) is 4.84. The number of aromatic nitrogens is 3. The van der Waals surface area contributed by atoms with Crippen LogP contribution in [0, 0.1) is 5.92 Å². The van der Waals surface area contributed by atoms with E-state index in [1.807, 2.05) is 68.4 Å². The quantitative estimate of drug-likeness (QED) is 0.411. The molecule has 0 fully saturated rings. The van der Waals surface area contributed by atoms with Crippen molar-refractivity contribution >= 4 is 11.9 Å². The van der Waals surface area contributed by atoms with E-state index in [0.717, 1.165) is 16.9 Å². The molecule has 2 aromatic carbocycles. The maximum Gasteiger partial charge on any atom is 0.315 e. The van der Waals surface area contributed by atoms with Crippen LogP contribution in [-0.4, -0.2) is 40.3 Å². The summed E-state index contributed by atoms with van der Waals surface area (Å²) in [6.07, 6.45) is 0. The zero-order valence-corrected chi connectivity index (χ0v) is 18.4. The second-order valence-electron chi connectivity index (χ2n) is 7.59. The highest BCUT2D eigenvalue weighted by atomic mass is 16.5. The lowest BCUT2D eigenvalue weighted by Crippen LogP contribution is -2.52. The van der Waals surface area contributed by atoms with Crippen LogP contribution in [0.25, 0.3) is 11.4 Å². The molecule has 9 nitrogen and oxygen atoms in total. The largest absolute Gasteiger partial charge is 0.497 e. The van der Waals surface area contributed by atoms with Crippen LogP contribution >= 0.6 is 0 Å². The van der Waals surface area contributed by atoms with E-state index in [1.165, 1.54) is 0 Å². The van der Waals surface area contributed by atoms with Gasteiger partial charge in [0, 0.05) is 12.1 Å². The average Bonchev–Trinajstić information content (AvgIpc) is 3.29. The van der Waals surface area contributed by atoms with E-state index in [-0.39, 0.29) is 18.4 Å². The molecule has 3 aromatic rings. The number of nitrogens with one attached hydrogen (secondary N) is 4. The predicted molar refractivity (Wildman–Crippen MR) is 121 cm³/mol. The van der Waals surface area contributed by atoms with E-state index in [9.17, 15) is 9.59 Å². The van der Waals surface area contributed by atoms with Gasteiger partial charge in [-0.3, -0.25) is 9.89 Å². The fraction of sp³-hybridized carbons (Fsp3) is 0.304. The molecule has 1 heterocycles. The van der Waals surface area contributed by atoms with Crippen molar-refractivity contribution in [1.29, 1.82) is 0 Å². The van der Waals surface area contributed by atoms with Crippen LogP contribution < -0.4 is 20.7 Å². The fourth-order valence-electron chi connectivity index (χ4n) is 3.03. The first kappa shape index (κ1) is 22.8. The second-order valence-corrected chi connectivity index (χ2v) is 7.59. The minimum absolute atomic E-state index is 0.0953. The van der Waals surface area contributed by atoms with Crippen molar-refractivity contribution < 1.29 is 14.3 Å². The first-order valence-corrected chi connectivity index (χ1v) is 10.4. The summed E-state index contributed by atoms with van der Waals surface area (Å²) in [5.74, 6) is 1.40. The minimum atomic E-state index is -0.685. The first-order valence-electron chi connectivity index (χ1n) is 10.4. The Morgan fingerprint density at radius 1 is 1.00 bits per heavy atom. The van der Waals surface area contributed by atoms with E-state index < -0.39 is 12.1 Å². The van der Waals surface area contributed by atoms with Crippen LogP contribution in [0.3, 0.4) is 0 Å². The summed E-state index contributed by atoms with van der Waals surface area (Å²) in [5, 5.41) is 15.3. The number of amides is 3. The number of methoxy groups -OCH3 is 1. The van der Waals surface area contributed by atoms with Gasteiger partial charge in [0.25, 0.3) is 0 Å². The van der Waals surface area contributed by atoms with Gasteiger partial charge in [0.15, 0.2) is 5.82 Å². The topological polar surface area (TPSA) is 121 Å². The third kappa shape index (κ3) is 6.31. The summed E-state index contributed by atoms with van der Waals surface area (Å²) in [5.41, 5.74) is 1.81. The molecule has 0 saturated heterocycles. The van der Waals surface area contributed by atoms with Gasteiger partial charge in [-0.15, -0.1) is 0 Å². The van der Waals surface area contributed by atoms with Crippen LogP contribution in [0.1, 0.15) is 25.2 Å². The number of urea groups is 1. The lowest BCUT2D eigenvalue weighted by molar-refractivity contribution is -0.124. The molecule has 3 rings (SSSR count). The van der Waals surface area contributed by atoms with Crippen LogP contribution in [0.15, 0.2) is 54.6 Å². The molecule has 0 aliphatic carbocycles. The number of carbonyl (C=O) groups is 2. The SMILES string of the molecule is COc1ccc(-c2n[nH]c(CNC(=O)C(NC(=O)NCc3ccccc3)C(C)C)n2)cc1. The van der Waals surface area contributed by atoms with Crippen molar-refractivity contribution in [2.45, 2.75) is 33.0 Å². The summed E-state index contributed by atoms with van der Waals surface area (Å²) in [6, 6.07) is 15.9. The lowest BCUT2D eigenvalue weighted by Gasteiger charge is -2.21. The average molecular weight is 437 g/mol. The number of benzene rings is 2. The molecular formula is C23H28N6O3. The molecule has 0 bridgehead atoms. The number of hydrogen-bond acceptors (Lipinski definition) is 5. The maximum atomic E-state index is 12.7. The first-order chi connectivity index (χ1) is 15.5. The fourth-order valence-corrected chi connectivity index (χ4v) is 3.03. The molecular weight excluding hydrogens is 408 g/mol. The van der Waals surface area contributed by atoms with Gasteiger partial charge in [-0.1, -0.05) is 44.2 Å². The van der Waals surface area contributed by atoms with E-state index in [4.69, 9.17) is 4.74 Å². The van der Waals surface area contributed by atoms with Gasteiger partial charge >= 0.3 is 6.03 Å². The molecule has 0 radical (unpaired) electrons. The third-order valence-electron chi connectivity index (χ3n) is 4.84. The van der Waals surface area contributed by atoms with Crippen LogP contribution in [0.4, 0.5) is 4.79 Å². The molecule has 4 N–H and O–H groups in total. The van der Waals surface area contributed by atoms with Crippen LogP contribution in [0.2, 0.25) is 0 Å². The molecule has 168 valence electrons. The van der Waals surface area contributed by atoms with Crippen LogP contribution in [-0.2, 0) is 17.9 Å². The standard InChI is InChI=1S/C23H28N6O3/c1-15(2)20(27-23(31)25-13-16-7-5-4-6-8-16)22(30)24-14-19-26-21(29-28-19)17-9-11-18(32-3)12-10-17/h4-12,15,20H,13-14H2,1-3H3,(H,24,30)(H2,25,27,31)(H,26,28,29). The number of H-pyrrole nitrogens is 1. The Labute approximate surface area is 187 Å². The minimum Gasteiger partial charge on any atom is -0.497 e. The molecule has 3 amide bonds. The molecule has 9 heteroatoms. The Morgan fingerprint density at radius 2 is 1.72 bits per heavy atom. The van der Waals surface area contributed by atoms with E-state index >= 15 is 0 Å². The van der Waals surface area contributed by atoms with Gasteiger partial charge in [-0.05, 0) is 35.7 Å². The van der Waals surface area contributed by atoms with Crippen LogP contribution in [0.5, 0.6) is 5.75 Å². The normalized spacial score (nSPS) is 11.6. The zero-order chi connectivity index (χ0) is 22.9. The highest BCUT2D eigenvalue weighted by Gasteiger charge is 2.24. The number of aromatic amines is 1. The van der Waals surface area contributed by atoms with Crippen molar-refractivity contribution in [3.8, 4) is 17.1 Å². The Balaban J connectivity index is 1.52.